The van der Waals surface area contributed by atoms with Crippen LogP contribution in [0.5, 0.6) is 5.75 Å². The molecule has 112 valence electrons. The number of benzene rings is 1. The zero-order valence-electron chi connectivity index (χ0n) is 11.5. The maximum absolute atomic E-state index is 11.6. The van der Waals surface area contributed by atoms with Crippen LogP contribution in [0.3, 0.4) is 0 Å². The summed E-state index contributed by atoms with van der Waals surface area (Å²) in [5, 5.41) is 34.0. The fraction of sp³-hybridized carbons (Fsp3) is 0.214. The van der Waals surface area contributed by atoms with Gasteiger partial charge in [-0.25, -0.2) is 0 Å². The van der Waals surface area contributed by atoms with Gasteiger partial charge < -0.3 is 21.1 Å². The third kappa shape index (κ3) is 1.83. The second-order valence-electron chi connectivity index (χ2n) is 4.97. The highest BCUT2D eigenvalue weighted by Gasteiger charge is 2.45. The van der Waals surface area contributed by atoms with Crippen LogP contribution >= 0.6 is 0 Å². The Balaban J connectivity index is 2.28. The van der Waals surface area contributed by atoms with E-state index < -0.39 is 10.8 Å². The first kappa shape index (κ1) is 13.8. The van der Waals surface area contributed by atoms with E-state index in [1.54, 1.807) is 18.2 Å². The molecule has 0 radical (unpaired) electrons. The van der Waals surface area contributed by atoms with Gasteiger partial charge in [0.2, 0.25) is 0 Å². The van der Waals surface area contributed by atoms with Crippen molar-refractivity contribution < 1.29 is 10.0 Å². The third-order valence-electron chi connectivity index (χ3n) is 3.83. The third-order valence-corrected chi connectivity index (χ3v) is 3.83. The summed E-state index contributed by atoms with van der Waals surface area (Å²) in [4.78, 5) is 12.6. The molecule has 1 aromatic carbocycles. The van der Waals surface area contributed by atoms with Gasteiger partial charge in [0.15, 0.2) is 5.82 Å². The number of nitrogens with one attached hydrogen (secondary N) is 1. The summed E-state index contributed by atoms with van der Waals surface area (Å²) in [7, 11) is 0. The zero-order valence-corrected chi connectivity index (χ0v) is 11.5. The van der Waals surface area contributed by atoms with Gasteiger partial charge in [0.25, 0.3) is 5.70 Å². The number of nitrogens with two attached hydrogens (primary N) is 1. The van der Waals surface area contributed by atoms with E-state index in [-0.39, 0.29) is 34.2 Å². The number of hydrogen-bond donors (Lipinski definition) is 3. The molecular weight excluding hydrogens is 286 g/mol. The first-order valence-corrected chi connectivity index (χ1v) is 6.64. The molecule has 2 aliphatic heterocycles. The van der Waals surface area contributed by atoms with Crippen molar-refractivity contribution in [2.75, 3.05) is 13.1 Å². The average Bonchev–Trinajstić information content (AvgIpc) is 2.96. The summed E-state index contributed by atoms with van der Waals surface area (Å²) in [6.07, 6.45) is 0. The van der Waals surface area contributed by atoms with Crippen molar-refractivity contribution in [1.82, 2.24) is 10.2 Å². The Labute approximate surface area is 125 Å². The molecule has 0 aliphatic carbocycles. The molecule has 22 heavy (non-hydrogen) atoms. The number of phenols is 1. The Kier molecular flexibility index (Phi) is 3.10. The lowest BCUT2D eigenvalue weighted by Crippen LogP contribution is -2.36. The van der Waals surface area contributed by atoms with Gasteiger partial charge in [0.05, 0.1) is 16.6 Å². The molecule has 1 aromatic rings. The van der Waals surface area contributed by atoms with Gasteiger partial charge in [-0.3, -0.25) is 10.1 Å². The zero-order chi connectivity index (χ0) is 15.9. The lowest BCUT2D eigenvalue weighted by molar-refractivity contribution is -0.432. The number of para-hydroxylation sites is 1. The minimum atomic E-state index is -1.00. The molecule has 0 amide bonds. The monoisotopic (exact) mass is 299 g/mol. The molecule has 2 aliphatic rings. The second-order valence-corrected chi connectivity index (χ2v) is 4.97. The molecule has 0 saturated carbocycles. The Hall–Kier alpha value is -3.21. The van der Waals surface area contributed by atoms with Gasteiger partial charge in [-0.1, -0.05) is 18.2 Å². The number of allylic oxidation sites excluding steroid dienone is 1. The van der Waals surface area contributed by atoms with Crippen molar-refractivity contribution in [3.63, 3.8) is 0 Å². The van der Waals surface area contributed by atoms with E-state index in [2.05, 4.69) is 5.32 Å². The molecule has 0 aromatic heterocycles. The molecule has 1 saturated heterocycles. The Morgan fingerprint density at radius 1 is 1.50 bits per heavy atom. The quantitative estimate of drug-likeness (QED) is 0.536. The average molecular weight is 299 g/mol. The minimum Gasteiger partial charge on any atom is -0.508 e. The largest absolute Gasteiger partial charge is 0.508 e. The maximum atomic E-state index is 11.6. The SMILES string of the molecule is N#CC1=C(N)N2CCNC2=C([N+](=O)[O-])C1c1ccccc1O. The first-order valence-electron chi connectivity index (χ1n) is 6.64. The van der Waals surface area contributed by atoms with E-state index in [1.807, 2.05) is 6.07 Å². The second kappa shape index (κ2) is 4.96. The Bertz CT molecular complexity index is 762. The van der Waals surface area contributed by atoms with Crippen LogP contribution in [-0.4, -0.2) is 28.0 Å². The highest BCUT2D eigenvalue weighted by atomic mass is 16.6. The smallest absolute Gasteiger partial charge is 0.299 e. The van der Waals surface area contributed by atoms with Crippen molar-refractivity contribution in [3.05, 3.63) is 62.9 Å². The highest BCUT2D eigenvalue weighted by Crippen LogP contribution is 2.43. The van der Waals surface area contributed by atoms with Crippen LogP contribution in [0, 0.1) is 21.4 Å². The van der Waals surface area contributed by atoms with Crippen molar-refractivity contribution in [2.24, 2.45) is 5.73 Å². The number of nitro groups is 1. The number of nitriles is 1. The van der Waals surface area contributed by atoms with Gasteiger partial charge in [0.1, 0.15) is 17.5 Å². The number of fused-ring (bicyclic) bond motifs is 1. The fourth-order valence-corrected chi connectivity index (χ4v) is 2.88. The van der Waals surface area contributed by atoms with Gasteiger partial charge >= 0.3 is 0 Å². The van der Waals surface area contributed by atoms with E-state index in [0.717, 1.165) is 0 Å². The summed E-state index contributed by atoms with van der Waals surface area (Å²) < 4.78 is 0. The van der Waals surface area contributed by atoms with Crippen LogP contribution < -0.4 is 11.1 Å². The van der Waals surface area contributed by atoms with E-state index in [1.165, 1.54) is 11.0 Å². The van der Waals surface area contributed by atoms with Gasteiger partial charge in [0, 0.05) is 18.7 Å². The number of rotatable bonds is 2. The Morgan fingerprint density at radius 2 is 2.23 bits per heavy atom. The predicted molar refractivity (Wildman–Crippen MR) is 76.4 cm³/mol. The van der Waals surface area contributed by atoms with Crippen LogP contribution in [0.25, 0.3) is 0 Å². The summed E-state index contributed by atoms with van der Waals surface area (Å²) in [6.45, 7) is 0.955. The van der Waals surface area contributed by atoms with Crippen LogP contribution in [0.2, 0.25) is 0 Å². The van der Waals surface area contributed by atoms with Gasteiger partial charge in [-0.05, 0) is 6.07 Å². The van der Waals surface area contributed by atoms with Gasteiger partial charge in [-0.15, -0.1) is 0 Å². The molecule has 8 heteroatoms. The van der Waals surface area contributed by atoms with Crippen molar-refractivity contribution in [1.29, 1.82) is 5.26 Å². The molecule has 2 heterocycles. The number of hydrogen-bond acceptors (Lipinski definition) is 7. The molecular formula is C14H13N5O3. The predicted octanol–water partition coefficient (Wildman–Crippen LogP) is 0.534. The van der Waals surface area contributed by atoms with E-state index in [4.69, 9.17) is 5.73 Å². The molecule has 1 fully saturated rings. The maximum Gasteiger partial charge on any atom is 0.299 e. The summed E-state index contributed by atoms with van der Waals surface area (Å²) >= 11 is 0. The fourth-order valence-electron chi connectivity index (χ4n) is 2.88. The van der Waals surface area contributed by atoms with Crippen molar-refractivity contribution in [2.45, 2.75) is 5.92 Å². The Morgan fingerprint density at radius 3 is 2.86 bits per heavy atom. The van der Waals surface area contributed by atoms with Crippen LogP contribution in [-0.2, 0) is 0 Å². The summed E-state index contributed by atoms with van der Waals surface area (Å²) in [5.41, 5.74) is 6.20. The summed E-state index contributed by atoms with van der Waals surface area (Å²) in [5.74, 6) is -0.645. The molecule has 1 atom stereocenters. The number of aromatic hydroxyl groups is 1. The van der Waals surface area contributed by atoms with E-state index in [9.17, 15) is 20.5 Å². The van der Waals surface area contributed by atoms with E-state index in [0.29, 0.717) is 13.1 Å². The van der Waals surface area contributed by atoms with Gasteiger partial charge in [-0.2, -0.15) is 5.26 Å². The molecule has 8 nitrogen and oxygen atoms in total. The summed E-state index contributed by atoms with van der Waals surface area (Å²) in [6, 6.07) is 8.21. The highest BCUT2D eigenvalue weighted by molar-refractivity contribution is 5.53. The molecule has 0 spiro atoms. The van der Waals surface area contributed by atoms with E-state index >= 15 is 0 Å². The number of nitrogens with zero attached hydrogens (tertiary/aromatic N) is 3. The van der Waals surface area contributed by atoms with Crippen LogP contribution in [0.1, 0.15) is 11.5 Å². The molecule has 0 bridgehead atoms. The van der Waals surface area contributed by atoms with Crippen molar-refractivity contribution >= 4 is 0 Å². The normalized spacial score (nSPS) is 20.5. The van der Waals surface area contributed by atoms with Crippen molar-refractivity contribution in [3.8, 4) is 11.8 Å². The topological polar surface area (TPSA) is 128 Å². The lowest BCUT2D eigenvalue weighted by atomic mass is 9.86. The van der Waals surface area contributed by atoms with Crippen LogP contribution in [0.4, 0.5) is 0 Å². The molecule has 1 unspecified atom stereocenters. The number of phenolic OH excluding ortho intramolecular Hbond substituents is 1. The molecule has 3 rings (SSSR count). The first-order chi connectivity index (χ1) is 10.6. The standard InChI is InChI=1S/C14H13N5O3/c15-7-9-11(8-3-1-2-4-10(8)20)12(19(21)22)14-17-5-6-18(14)13(9)16/h1-4,11,17,20H,5-6,16H2. The molecule has 4 N–H and O–H groups in total. The lowest BCUT2D eigenvalue weighted by Gasteiger charge is -2.29. The van der Waals surface area contributed by atoms with Crippen LogP contribution in [0.15, 0.2) is 47.2 Å². The minimum absolute atomic E-state index is 0.0700.